The van der Waals surface area contributed by atoms with E-state index in [2.05, 4.69) is 4.72 Å². The third-order valence-corrected chi connectivity index (χ3v) is 4.54. The van der Waals surface area contributed by atoms with Gasteiger partial charge in [-0.15, -0.1) is 0 Å². The number of hydrogen-bond donors (Lipinski definition) is 2. The Morgan fingerprint density at radius 3 is 2.86 bits per heavy atom. The lowest BCUT2D eigenvalue weighted by molar-refractivity contribution is -0.117. The third kappa shape index (κ3) is 3.34. The Morgan fingerprint density at radius 2 is 2.24 bits per heavy atom. The summed E-state index contributed by atoms with van der Waals surface area (Å²) < 4.78 is 32.0. The minimum absolute atomic E-state index is 0.0269. The van der Waals surface area contributed by atoms with Gasteiger partial charge in [-0.3, -0.25) is 4.79 Å². The summed E-state index contributed by atoms with van der Waals surface area (Å²) in [5.74, 6) is 0.300. The highest BCUT2D eigenvalue weighted by Gasteiger charge is 2.27. The maximum atomic E-state index is 12.1. The van der Waals surface area contributed by atoms with Crippen LogP contribution in [0.2, 0.25) is 0 Å². The zero-order valence-corrected chi connectivity index (χ0v) is 12.7. The van der Waals surface area contributed by atoms with Gasteiger partial charge in [-0.2, -0.15) is 0 Å². The van der Waals surface area contributed by atoms with E-state index in [-0.39, 0.29) is 30.1 Å². The molecule has 1 amide bonds. The predicted octanol–water partition coefficient (Wildman–Crippen LogP) is 0.0910. The summed E-state index contributed by atoms with van der Waals surface area (Å²) in [4.78, 5) is 13.2. The van der Waals surface area contributed by atoms with Crippen LogP contribution in [0.3, 0.4) is 0 Å². The van der Waals surface area contributed by atoms with Gasteiger partial charge in [0.1, 0.15) is 11.9 Å². The third-order valence-electron chi connectivity index (χ3n) is 3.08. The first-order chi connectivity index (χ1) is 9.85. The van der Waals surface area contributed by atoms with E-state index in [1.165, 1.54) is 30.0 Å². The lowest BCUT2D eigenvalue weighted by Crippen LogP contribution is -2.41. The van der Waals surface area contributed by atoms with Crippen LogP contribution < -0.4 is 14.4 Å². The van der Waals surface area contributed by atoms with E-state index in [0.717, 1.165) is 0 Å². The molecule has 0 saturated carbocycles. The van der Waals surface area contributed by atoms with Crippen LogP contribution in [-0.4, -0.2) is 45.2 Å². The Kier molecular flexibility index (Phi) is 4.50. The molecule has 0 bridgehead atoms. The predicted molar refractivity (Wildman–Crippen MR) is 76.8 cm³/mol. The van der Waals surface area contributed by atoms with E-state index in [1.807, 2.05) is 6.92 Å². The Hall–Kier alpha value is -1.64. The van der Waals surface area contributed by atoms with Crippen LogP contribution in [0.1, 0.15) is 13.8 Å². The van der Waals surface area contributed by atoms with Crippen LogP contribution in [0, 0.1) is 0 Å². The van der Waals surface area contributed by atoms with Crippen molar-refractivity contribution in [2.75, 3.05) is 24.6 Å². The highest BCUT2D eigenvalue weighted by atomic mass is 32.2. The van der Waals surface area contributed by atoms with Crippen LogP contribution in [0.15, 0.2) is 23.1 Å². The number of rotatable bonds is 4. The molecule has 0 aromatic heterocycles. The van der Waals surface area contributed by atoms with Crippen molar-refractivity contribution in [2.45, 2.75) is 24.8 Å². The number of fused-ring (bicyclic) bond motifs is 1. The maximum absolute atomic E-state index is 12.1. The van der Waals surface area contributed by atoms with Gasteiger partial charge in [0.15, 0.2) is 0 Å². The SMILES string of the molecule is CC(=O)N1CC(C)Oc2ccc(S(=O)(=O)NCCO)cc21. The van der Waals surface area contributed by atoms with Gasteiger partial charge in [0.25, 0.3) is 0 Å². The number of anilines is 1. The highest BCUT2D eigenvalue weighted by molar-refractivity contribution is 7.89. The monoisotopic (exact) mass is 314 g/mol. The average Bonchev–Trinajstić information content (AvgIpc) is 2.43. The molecule has 0 spiro atoms. The fourth-order valence-electron chi connectivity index (χ4n) is 2.15. The number of nitrogens with one attached hydrogen (secondary N) is 1. The van der Waals surface area contributed by atoms with Crippen LogP contribution in [-0.2, 0) is 14.8 Å². The number of carbonyl (C=O) groups is 1. The summed E-state index contributed by atoms with van der Waals surface area (Å²) >= 11 is 0. The number of amides is 1. The van der Waals surface area contributed by atoms with Crippen molar-refractivity contribution in [3.63, 3.8) is 0 Å². The molecule has 116 valence electrons. The Morgan fingerprint density at radius 1 is 1.52 bits per heavy atom. The first-order valence-electron chi connectivity index (χ1n) is 6.54. The van der Waals surface area contributed by atoms with Crippen LogP contribution in [0.4, 0.5) is 5.69 Å². The number of sulfonamides is 1. The van der Waals surface area contributed by atoms with Crippen LogP contribution in [0.5, 0.6) is 5.75 Å². The smallest absolute Gasteiger partial charge is 0.240 e. The van der Waals surface area contributed by atoms with Crippen LogP contribution >= 0.6 is 0 Å². The highest BCUT2D eigenvalue weighted by Crippen LogP contribution is 2.35. The Bertz CT molecular complexity index is 644. The van der Waals surface area contributed by atoms with Crippen molar-refractivity contribution in [1.29, 1.82) is 0 Å². The molecular weight excluding hydrogens is 296 g/mol. The number of aliphatic hydroxyl groups excluding tert-OH is 1. The Labute approximate surface area is 123 Å². The van der Waals surface area contributed by atoms with Gasteiger partial charge in [0, 0.05) is 13.5 Å². The summed E-state index contributed by atoms with van der Waals surface area (Å²) in [5.41, 5.74) is 0.437. The maximum Gasteiger partial charge on any atom is 0.240 e. The topological polar surface area (TPSA) is 95.9 Å². The van der Waals surface area contributed by atoms with Gasteiger partial charge < -0.3 is 14.7 Å². The molecule has 2 rings (SSSR count). The minimum atomic E-state index is -3.72. The quantitative estimate of drug-likeness (QED) is 0.821. The first-order valence-corrected chi connectivity index (χ1v) is 8.03. The van der Waals surface area contributed by atoms with Gasteiger partial charge in [-0.1, -0.05) is 0 Å². The molecular formula is C13H18N2O5S. The molecule has 2 N–H and O–H groups in total. The molecule has 1 aromatic carbocycles. The number of ether oxygens (including phenoxy) is 1. The number of aliphatic hydroxyl groups is 1. The minimum Gasteiger partial charge on any atom is -0.487 e. The zero-order valence-electron chi connectivity index (χ0n) is 11.9. The molecule has 1 aliphatic rings. The standard InChI is InChI=1S/C13H18N2O5S/c1-9-8-15(10(2)17)12-7-11(3-4-13(12)20-9)21(18,19)14-5-6-16/h3-4,7,9,14,16H,5-6,8H2,1-2H3. The van der Waals surface area contributed by atoms with E-state index in [0.29, 0.717) is 18.0 Å². The molecule has 1 atom stereocenters. The second-order valence-corrected chi connectivity index (χ2v) is 6.58. The summed E-state index contributed by atoms with van der Waals surface area (Å²) in [5, 5.41) is 8.71. The molecule has 0 saturated heterocycles. The number of hydrogen-bond acceptors (Lipinski definition) is 5. The van der Waals surface area contributed by atoms with E-state index in [1.54, 1.807) is 0 Å². The average molecular weight is 314 g/mol. The van der Waals surface area contributed by atoms with Gasteiger partial charge in [0.2, 0.25) is 15.9 Å². The van der Waals surface area contributed by atoms with Crippen molar-refractivity contribution in [1.82, 2.24) is 4.72 Å². The lowest BCUT2D eigenvalue weighted by atomic mass is 10.2. The van der Waals surface area contributed by atoms with Crippen molar-refractivity contribution in [2.24, 2.45) is 0 Å². The normalized spacial score (nSPS) is 18.0. The van der Waals surface area contributed by atoms with Crippen molar-refractivity contribution < 1.29 is 23.1 Å². The van der Waals surface area contributed by atoms with Crippen molar-refractivity contribution in [3.05, 3.63) is 18.2 Å². The van der Waals surface area contributed by atoms with Crippen LogP contribution in [0.25, 0.3) is 0 Å². The van der Waals surface area contributed by atoms with Crippen molar-refractivity contribution in [3.8, 4) is 5.75 Å². The number of carbonyl (C=O) groups excluding carboxylic acids is 1. The van der Waals surface area contributed by atoms with E-state index in [4.69, 9.17) is 9.84 Å². The van der Waals surface area contributed by atoms with E-state index >= 15 is 0 Å². The molecule has 7 nitrogen and oxygen atoms in total. The number of benzene rings is 1. The van der Waals surface area contributed by atoms with Gasteiger partial charge in [-0.25, -0.2) is 13.1 Å². The molecule has 8 heteroatoms. The summed E-state index contributed by atoms with van der Waals surface area (Å²) in [7, 11) is -3.72. The summed E-state index contributed by atoms with van der Waals surface area (Å²) in [6.07, 6.45) is -0.156. The van der Waals surface area contributed by atoms with Crippen molar-refractivity contribution >= 4 is 21.6 Å². The number of nitrogens with zero attached hydrogens (tertiary/aromatic N) is 1. The summed E-state index contributed by atoms with van der Waals surface area (Å²) in [6.45, 7) is 3.28. The van der Waals surface area contributed by atoms with Gasteiger partial charge in [0.05, 0.1) is 23.7 Å². The largest absolute Gasteiger partial charge is 0.487 e. The molecule has 1 aromatic rings. The fourth-order valence-corrected chi connectivity index (χ4v) is 3.19. The zero-order chi connectivity index (χ0) is 15.6. The van der Waals surface area contributed by atoms with Gasteiger partial charge in [-0.05, 0) is 25.1 Å². The second kappa shape index (κ2) is 6.00. The molecule has 1 unspecified atom stereocenters. The van der Waals surface area contributed by atoms with E-state index < -0.39 is 10.0 Å². The molecule has 0 radical (unpaired) electrons. The Balaban J connectivity index is 2.42. The summed E-state index contributed by atoms with van der Waals surface area (Å²) in [6, 6.07) is 4.35. The lowest BCUT2D eigenvalue weighted by Gasteiger charge is -2.33. The first kappa shape index (κ1) is 15.7. The van der Waals surface area contributed by atoms with E-state index in [9.17, 15) is 13.2 Å². The molecule has 1 heterocycles. The molecule has 0 fully saturated rings. The van der Waals surface area contributed by atoms with Gasteiger partial charge >= 0.3 is 0 Å². The molecule has 0 aliphatic carbocycles. The molecule has 1 aliphatic heterocycles. The fraction of sp³-hybridized carbons (Fsp3) is 0.462. The molecule has 21 heavy (non-hydrogen) atoms. The second-order valence-electron chi connectivity index (χ2n) is 4.81.